The van der Waals surface area contributed by atoms with E-state index in [1.165, 1.54) is 0 Å². The minimum absolute atomic E-state index is 0.145. The number of hydrogen-bond donors (Lipinski definition) is 0. The number of halogens is 1. The van der Waals surface area contributed by atoms with E-state index >= 15 is 0 Å². The molecule has 0 amide bonds. The molecule has 0 saturated heterocycles. The predicted molar refractivity (Wildman–Crippen MR) is 69.1 cm³/mol. The van der Waals surface area contributed by atoms with Crippen LogP contribution in [0.5, 0.6) is 5.75 Å². The van der Waals surface area contributed by atoms with Gasteiger partial charge in [-0.05, 0) is 30.5 Å². The number of hydrogen-bond acceptors (Lipinski definition) is 2. The zero-order chi connectivity index (χ0) is 12.1. The average molecular weight is 285 g/mol. The van der Waals surface area contributed by atoms with E-state index in [2.05, 4.69) is 29.8 Å². The quantitative estimate of drug-likeness (QED) is 0.762. The molecule has 2 nitrogen and oxygen atoms in total. The van der Waals surface area contributed by atoms with Crippen molar-refractivity contribution in [1.29, 1.82) is 0 Å². The first-order valence-corrected chi connectivity index (χ1v) is 6.20. The maximum absolute atomic E-state index is 12.0. The fourth-order valence-corrected chi connectivity index (χ4v) is 1.81. The first-order valence-electron chi connectivity index (χ1n) is 5.41. The van der Waals surface area contributed by atoms with Gasteiger partial charge in [-0.25, -0.2) is 0 Å². The second-order valence-corrected chi connectivity index (χ2v) is 5.12. The molecule has 0 aromatic heterocycles. The van der Waals surface area contributed by atoms with Gasteiger partial charge in [-0.15, -0.1) is 0 Å². The van der Waals surface area contributed by atoms with Crippen molar-refractivity contribution in [3.8, 4) is 5.75 Å². The van der Waals surface area contributed by atoms with Crippen LogP contribution in [0.1, 0.15) is 37.0 Å². The summed E-state index contributed by atoms with van der Waals surface area (Å²) in [5.74, 6) is 1.34. The molecular weight excluding hydrogens is 268 g/mol. The monoisotopic (exact) mass is 284 g/mol. The van der Waals surface area contributed by atoms with Crippen LogP contribution in [0.2, 0.25) is 0 Å². The molecule has 0 aliphatic carbocycles. The summed E-state index contributed by atoms with van der Waals surface area (Å²) in [7, 11) is 1.59. The molecule has 0 aliphatic heterocycles. The van der Waals surface area contributed by atoms with Crippen molar-refractivity contribution in [2.75, 3.05) is 7.11 Å². The van der Waals surface area contributed by atoms with Gasteiger partial charge >= 0.3 is 0 Å². The van der Waals surface area contributed by atoms with Crippen molar-refractivity contribution in [3.05, 3.63) is 28.2 Å². The lowest BCUT2D eigenvalue weighted by Crippen LogP contribution is -2.04. The second-order valence-electron chi connectivity index (χ2n) is 4.20. The van der Waals surface area contributed by atoms with Crippen LogP contribution in [0.15, 0.2) is 22.7 Å². The standard InChI is InChI=1S/C13H17BrO2/c1-9(2)4-6-12(15)11-8-10(14)5-7-13(11)16-3/h5,7-9H,4,6H2,1-3H3. The molecule has 16 heavy (non-hydrogen) atoms. The summed E-state index contributed by atoms with van der Waals surface area (Å²) in [5, 5.41) is 0. The minimum atomic E-state index is 0.145. The Bertz CT molecular complexity index is 372. The van der Waals surface area contributed by atoms with Gasteiger partial charge in [-0.3, -0.25) is 4.79 Å². The Morgan fingerprint density at radius 2 is 2.12 bits per heavy atom. The van der Waals surface area contributed by atoms with Crippen molar-refractivity contribution < 1.29 is 9.53 Å². The van der Waals surface area contributed by atoms with Gasteiger partial charge in [0, 0.05) is 10.9 Å². The number of ether oxygens (including phenoxy) is 1. The molecule has 0 radical (unpaired) electrons. The Morgan fingerprint density at radius 3 is 2.69 bits per heavy atom. The van der Waals surface area contributed by atoms with Gasteiger partial charge in [0.05, 0.1) is 12.7 Å². The van der Waals surface area contributed by atoms with Crippen LogP contribution in [0, 0.1) is 5.92 Å². The molecule has 3 heteroatoms. The largest absolute Gasteiger partial charge is 0.496 e. The number of Topliss-reactive ketones (excluding diaryl/α,β-unsaturated/α-hetero) is 1. The van der Waals surface area contributed by atoms with Crippen LogP contribution in [0.3, 0.4) is 0 Å². The van der Waals surface area contributed by atoms with Gasteiger partial charge in [0.2, 0.25) is 0 Å². The summed E-state index contributed by atoms with van der Waals surface area (Å²) >= 11 is 3.37. The number of rotatable bonds is 5. The molecule has 1 aromatic rings. The van der Waals surface area contributed by atoms with Gasteiger partial charge in [0.25, 0.3) is 0 Å². The highest BCUT2D eigenvalue weighted by Crippen LogP contribution is 2.25. The van der Waals surface area contributed by atoms with Crippen molar-refractivity contribution in [1.82, 2.24) is 0 Å². The Balaban J connectivity index is 2.84. The highest BCUT2D eigenvalue weighted by atomic mass is 79.9. The van der Waals surface area contributed by atoms with Crippen LogP contribution < -0.4 is 4.74 Å². The molecule has 0 aliphatic rings. The van der Waals surface area contributed by atoms with Crippen molar-refractivity contribution in [2.24, 2.45) is 5.92 Å². The van der Waals surface area contributed by atoms with E-state index in [-0.39, 0.29) is 5.78 Å². The number of carbonyl (C=O) groups excluding carboxylic acids is 1. The Labute approximate surface area is 105 Å². The summed E-state index contributed by atoms with van der Waals surface area (Å²) in [6.07, 6.45) is 1.49. The Kier molecular flexibility index (Phi) is 5.00. The SMILES string of the molecule is COc1ccc(Br)cc1C(=O)CCC(C)C. The Morgan fingerprint density at radius 1 is 1.44 bits per heavy atom. The zero-order valence-corrected chi connectivity index (χ0v) is 11.5. The minimum Gasteiger partial charge on any atom is -0.496 e. The fourth-order valence-electron chi connectivity index (χ4n) is 1.45. The van der Waals surface area contributed by atoms with Crippen LogP contribution >= 0.6 is 15.9 Å². The number of ketones is 1. The van der Waals surface area contributed by atoms with E-state index in [0.717, 1.165) is 10.9 Å². The van der Waals surface area contributed by atoms with Crippen molar-refractivity contribution >= 4 is 21.7 Å². The van der Waals surface area contributed by atoms with E-state index in [0.29, 0.717) is 23.7 Å². The van der Waals surface area contributed by atoms with Gasteiger partial charge in [0.1, 0.15) is 5.75 Å². The van der Waals surface area contributed by atoms with Gasteiger partial charge in [-0.1, -0.05) is 29.8 Å². The molecule has 1 aromatic carbocycles. The third kappa shape index (κ3) is 3.63. The van der Waals surface area contributed by atoms with Crippen LogP contribution in [0.25, 0.3) is 0 Å². The van der Waals surface area contributed by atoms with Crippen LogP contribution in [0.4, 0.5) is 0 Å². The van der Waals surface area contributed by atoms with Crippen LogP contribution in [-0.4, -0.2) is 12.9 Å². The van der Waals surface area contributed by atoms with E-state index in [9.17, 15) is 4.79 Å². The molecule has 0 saturated carbocycles. The molecule has 0 N–H and O–H groups in total. The van der Waals surface area contributed by atoms with Crippen molar-refractivity contribution in [3.63, 3.8) is 0 Å². The normalized spacial score (nSPS) is 10.6. The first kappa shape index (κ1) is 13.2. The topological polar surface area (TPSA) is 26.3 Å². The molecule has 0 bridgehead atoms. The fraction of sp³-hybridized carbons (Fsp3) is 0.462. The van der Waals surface area contributed by atoms with E-state index < -0.39 is 0 Å². The highest BCUT2D eigenvalue weighted by Gasteiger charge is 2.12. The molecule has 0 spiro atoms. The molecular formula is C13H17BrO2. The van der Waals surface area contributed by atoms with E-state index in [4.69, 9.17) is 4.74 Å². The van der Waals surface area contributed by atoms with Gasteiger partial charge in [0.15, 0.2) is 5.78 Å². The maximum Gasteiger partial charge on any atom is 0.166 e. The molecule has 88 valence electrons. The highest BCUT2D eigenvalue weighted by molar-refractivity contribution is 9.10. The number of benzene rings is 1. The van der Waals surface area contributed by atoms with Gasteiger partial charge in [-0.2, -0.15) is 0 Å². The zero-order valence-electron chi connectivity index (χ0n) is 9.92. The maximum atomic E-state index is 12.0. The number of methoxy groups -OCH3 is 1. The summed E-state index contributed by atoms with van der Waals surface area (Å²) in [4.78, 5) is 12.0. The predicted octanol–water partition coefficient (Wildman–Crippen LogP) is 4.08. The lowest BCUT2D eigenvalue weighted by atomic mass is 10.0. The molecule has 0 fully saturated rings. The summed E-state index contributed by atoms with van der Waals surface area (Å²) in [6.45, 7) is 4.23. The average Bonchev–Trinajstić information content (AvgIpc) is 2.25. The lowest BCUT2D eigenvalue weighted by Gasteiger charge is -2.09. The third-order valence-corrected chi connectivity index (χ3v) is 2.90. The van der Waals surface area contributed by atoms with E-state index in [1.54, 1.807) is 7.11 Å². The summed E-state index contributed by atoms with van der Waals surface area (Å²) in [5.41, 5.74) is 0.664. The van der Waals surface area contributed by atoms with Gasteiger partial charge < -0.3 is 4.74 Å². The molecule has 0 unspecified atom stereocenters. The molecule has 0 heterocycles. The summed E-state index contributed by atoms with van der Waals surface area (Å²) < 4.78 is 6.09. The number of carbonyl (C=O) groups is 1. The lowest BCUT2D eigenvalue weighted by molar-refractivity contribution is 0.0972. The summed E-state index contributed by atoms with van der Waals surface area (Å²) in [6, 6.07) is 5.51. The first-order chi connectivity index (χ1) is 7.54. The molecule has 0 atom stereocenters. The smallest absolute Gasteiger partial charge is 0.166 e. The van der Waals surface area contributed by atoms with Crippen molar-refractivity contribution in [2.45, 2.75) is 26.7 Å². The second kappa shape index (κ2) is 6.04. The van der Waals surface area contributed by atoms with Crippen LogP contribution in [-0.2, 0) is 0 Å². The Hall–Kier alpha value is -0.830. The van der Waals surface area contributed by atoms with E-state index in [1.807, 2.05) is 18.2 Å². The molecule has 1 rings (SSSR count). The third-order valence-electron chi connectivity index (χ3n) is 2.41.